The minimum atomic E-state index is -0.673. The zero-order valence-electron chi connectivity index (χ0n) is 14.3. The summed E-state index contributed by atoms with van der Waals surface area (Å²) in [6, 6.07) is 1.41. The molecule has 0 spiro atoms. The van der Waals surface area contributed by atoms with Crippen molar-refractivity contribution in [2.75, 3.05) is 17.7 Å². The average Bonchev–Trinajstić information content (AvgIpc) is 2.95. The smallest absolute Gasteiger partial charge is 0.322 e. The van der Waals surface area contributed by atoms with E-state index in [1.54, 1.807) is 11.9 Å². The summed E-state index contributed by atoms with van der Waals surface area (Å²) in [4.78, 5) is 18.4. The number of amides is 2. The molecule has 2 amide bonds. The number of hydrogen-bond donors (Lipinski definition) is 2. The Hall–Kier alpha value is -2.12. The lowest BCUT2D eigenvalue weighted by Gasteiger charge is -2.37. The number of halogens is 4. The second-order valence-corrected chi connectivity index (χ2v) is 7.45. The Morgan fingerprint density at radius 2 is 1.96 bits per heavy atom. The van der Waals surface area contributed by atoms with Gasteiger partial charge in [0.15, 0.2) is 0 Å². The van der Waals surface area contributed by atoms with Gasteiger partial charge in [-0.05, 0) is 31.4 Å². The zero-order valence-corrected chi connectivity index (χ0v) is 15.8. The summed E-state index contributed by atoms with van der Waals surface area (Å²) in [5.74, 6) is -1.18. The number of pyridine rings is 1. The first kappa shape index (κ1) is 18.3. The van der Waals surface area contributed by atoms with E-state index in [4.69, 9.17) is 23.2 Å². The molecule has 0 saturated carbocycles. The molecule has 2 aliphatic heterocycles. The van der Waals surface area contributed by atoms with Gasteiger partial charge in [-0.2, -0.15) is 4.39 Å². The first-order chi connectivity index (χ1) is 12.9. The lowest BCUT2D eigenvalue weighted by Crippen LogP contribution is -2.44. The number of rotatable bonds is 2. The highest BCUT2D eigenvalue weighted by atomic mass is 35.5. The van der Waals surface area contributed by atoms with E-state index in [1.807, 2.05) is 0 Å². The minimum Gasteiger partial charge on any atom is -0.387 e. The van der Waals surface area contributed by atoms with Crippen molar-refractivity contribution in [3.05, 3.63) is 51.3 Å². The normalized spacial score (nSPS) is 20.4. The maximum Gasteiger partial charge on any atom is 0.322 e. The molecule has 2 N–H and O–H groups in total. The van der Waals surface area contributed by atoms with Crippen LogP contribution in [-0.2, 0) is 6.42 Å². The van der Waals surface area contributed by atoms with Crippen LogP contribution in [0, 0.1) is 11.8 Å². The van der Waals surface area contributed by atoms with Crippen LogP contribution in [0.15, 0.2) is 18.3 Å². The fourth-order valence-corrected chi connectivity index (χ4v) is 4.34. The van der Waals surface area contributed by atoms with Crippen molar-refractivity contribution in [1.82, 2.24) is 9.88 Å². The molecule has 2 aromatic rings. The van der Waals surface area contributed by atoms with Gasteiger partial charge in [0.1, 0.15) is 5.82 Å². The van der Waals surface area contributed by atoms with Crippen molar-refractivity contribution in [2.24, 2.45) is 0 Å². The number of carbonyl (C=O) groups is 1. The molecule has 2 atom stereocenters. The fraction of sp³-hybridized carbons (Fsp3) is 0.333. The van der Waals surface area contributed by atoms with Crippen LogP contribution in [0.5, 0.6) is 0 Å². The Kier molecular flexibility index (Phi) is 4.60. The predicted octanol–water partition coefficient (Wildman–Crippen LogP) is 5.00. The van der Waals surface area contributed by atoms with Crippen molar-refractivity contribution in [1.29, 1.82) is 0 Å². The van der Waals surface area contributed by atoms with Gasteiger partial charge in [-0.3, -0.25) is 0 Å². The lowest BCUT2D eigenvalue weighted by molar-refractivity contribution is 0.178. The number of anilines is 2. The first-order valence-electron chi connectivity index (χ1n) is 8.49. The molecule has 9 heteroatoms. The molecule has 0 aliphatic carbocycles. The van der Waals surface area contributed by atoms with Gasteiger partial charge >= 0.3 is 6.03 Å². The van der Waals surface area contributed by atoms with Crippen molar-refractivity contribution in [3.8, 4) is 0 Å². The van der Waals surface area contributed by atoms with E-state index in [9.17, 15) is 13.6 Å². The van der Waals surface area contributed by atoms with E-state index < -0.39 is 17.8 Å². The average molecular weight is 413 g/mol. The summed E-state index contributed by atoms with van der Waals surface area (Å²) in [6.07, 6.45) is 3.24. The third kappa shape index (κ3) is 2.99. The predicted molar refractivity (Wildman–Crippen MR) is 100 cm³/mol. The molecule has 5 nitrogen and oxygen atoms in total. The van der Waals surface area contributed by atoms with Crippen LogP contribution in [-0.4, -0.2) is 29.0 Å². The van der Waals surface area contributed by atoms with Gasteiger partial charge < -0.3 is 15.5 Å². The molecule has 2 bridgehead atoms. The number of urea groups is 1. The van der Waals surface area contributed by atoms with Gasteiger partial charge in [0, 0.05) is 24.2 Å². The quantitative estimate of drug-likeness (QED) is 0.538. The van der Waals surface area contributed by atoms with E-state index in [1.165, 1.54) is 12.3 Å². The molecule has 1 fully saturated rings. The Morgan fingerprint density at radius 1 is 1.22 bits per heavy atom. The fourth-order valence-electron chi connectivity index (χ4n) is 4.02. The van der Waals surface area contributed by atoms with Gasteiger partial charge in [0.2, 0.25) is 5.95 Å². The maximum atomic E-state index is 14.2. The molecule has 4 rings (SSSR count). The van der Waals surface area contributed by atoms with Crippen LogP contribution in [0.4, 0.5) is 25.0 Å². The van der Waals surface area contributed by atoms with E-state index in [2.05, 4.69) is 15.6 Å². The van der Waals surface area contributed by atoms with Crippen LogP contribution >= 0.6 is 23.2 Å². The highest BCUT2D eigenvalue weighted by Crippen LogP contribution is 2.47. The summed E-state index contributed by atoms with van der Waals surface area (Å²) >= 11 is 11.7. The molecule has 1 aromatic carbocycles. The highest BCUT2D eigenvalue weighted by Gasteiger charge is 2.45. The number of fused-ring (bicyclic) bond motifs is 4. The molecular weight excluding hydrogens is 397 g/mol. The maximum absolute atomic E-state index is 14.2. The standard InChI is InChI=1S/C18H16Cl2F2N4O/c1-23-14-7-24-17(22)9-4-8-2-3-15(16(9)14)26(8)18(27)25-13-6-11(20)10(19)5-12(13)21/h5-8,15,23H,2-4H2,1H3,(H,25,27). The molecule has 27 heavy (non-hydrogen) atoms. The summed E-state index contributed by atoms with van der Waals surface area (Å²) in [6.45, 7) is 0. The second-order valence-electron chi connectivity index (χ2n) is 6.64. The second kappa shape index (κ2) is 6.80. The molecule has 0 radical (unpaired) electrons. The Balaban J connectivity index is 1.67. The topological polar surface area (TPSA) is 57.3 Å². The van der Waals surface area contributed by atoms with Gasteiger partial charge in [0.25, 0.3) is 0 Å². The summed E-state index contributed by atoms with van der Waals surface area (Å²) in [7, 11) is 1.73. The number of nitrogens with zero attached hydrogens (tertiary/aromatic N) is 2. The Bertz CT molecular complexity index is 940. The highest BCUT2D eigenvalue weighted by molar-refractivity contribution is 6.42. The largest absolute Gasteiger partial charge is 0.387 e. The van der Waals surface area contributed by atoms with Gasteiger partial charge in [0.05, 0.1) is 33.7 Å². The van der Waals surface area contributed by atoms with Crippen LogP contribution in [0.1, 0.15) is 30.0 Å². The van der Waals surface area contributed by atoms with Crippen molar-refractivity contribution in [3.63, 3.8) is 0 Å². The molecule has 2 unspecified atom stereocenters. The van der Waals surface area contributed by atoms with Crippen LogP contribution < -0.4 is 10.6 Å². The van der Waals surface area contributed by atoms with E-state index in [-0.39, 0.29) is 27.8 Å². The third-order valence-electron chi connectivity index (χ3n) is 5.20. The molecule has 3 heterocycles. The molecule has 142 valence electrons. The summed E-state index contributed by atoms with van der Waals surface area (Å²) in [5, 5.41) is 5.80. The third-order valence-corrected chi connectivity index (χ3v) is 5.92. The SMILES string of the molecule is CNc1cnc(F)c2c1C1CCC(C2)N1C(=O)Nc1cc(Cl)c(Cl)cc1F. The van der Waals surface area contributed by atoms with Crippen LogP contribution in [0.2, 0.25) is 10.0 Å². The van der Waals surface area contributed by atoms with Gasteiger partial charge in [-0.15, -0.1) is 0 Å². The number of hydrogen-bond acceptors (Lipinski definition) is 3. The first-order valence-corrected chi connectivity index (χ1v) is 9.25. The molecular formula is C18H16Cl2F2N4O. The molecule has 1 aromatic heterocycles. The Morgan fingerprint density at radius 3 is 2.70 bits per heavy atom. The Labute approximate surface area is 164 Å². The summed E-state index contributed by atoms with van der Waals surface area (Å²) in [5.41, 5.74) is 1.92. The van der Waals surface area contributed by atoms with Crippen molar-refractivity contribution < 1.29 is 13.6 Å². The van der Waals surface area contributed by atoms with Gasteiger partial charge in [-0.25, -0.2) is 14.2 Å². The van der Waals surface area contributed by atoms with Crippen molar-refractivity contribution in [2.45, 2.75) is 31.3 Å². The van der Waals surface area contributed by atoms with E-state index >= 15 is 0 Å². The summed E-state index contributed by atoms with van der Waals surface area (Å²) < 4.78 is 28.4. The monoisotopic (exact) mass is 412 g/mol. The number of benzene rings is 1. The molecule has 2 aliphatic rings. The minimum absolute atomic E-state index is 0.0469. The van der Waals surface area contributed by atoms with Crippen LogP contribution in [0.25, 0.3) is 0 Å². The number of nitrogens with one attached hydrogen (secondary N) is 2. The van der Waals surface area contributed by atoms with Gasteiger partial charge in [-0.1, -0.05) is 23.2 Å². The number of carbonyl (C=O) groups excluding carboxylic acids is 1. The zero-order chi connectivity index (χ0) is 19.3. The molecule has 1 saturated heterocycles. The van der Waals surface area contributed by atoms with Crippen LogP contribution in [0.3, 0.4) is 0 Å². The number of aromatic nitrogens is 1. The lowest BCUT2D eigenvalue weighted by atomic mass is 9.93. The van der Waals surface area contributed by atoms with E-state index in [0.29, 0.717) is 24.1 Å². The van der Waals surface area contributed by atoms with Crippen molar-refractivity contribution >= 4 is 40.6 Å². The van der Waals surface area contributed by atoms with E-state index in [0.717, 1.165) is 18.1 Å².